The number of hydrogen-bond acceptors (Lipinski definition) is 3. The molecule has 0 fully saturated rings. The molecule has 1 rings (SSSR count). The molecular formula is C7H7NOS. The summed E-state index contributed by atoms with van der Waals surface area (Å²) < 4.78 is 0. The molecule has 1 aromatic heterocycles. The summed E-state index contributed by atoms with van der Waals surface area (Å²) in [5, 5.41) is 17.2. The molecule has 0 aliphatic rings. The van der Waals surface area contributed by atoms with Crippen molar-refractivity contribution in [1.82, 2.24) is 0 Å². The number of hydrogen-bond donors (Lipinski definition) is 1. The number of aliphatic hydroxyl groups is 1. The summed E-state index contributed by atoms with van der Waals surface area (Å²) in [4.78, 5) is 1.55. The van der Waals surface area contributed by atoms with Crippen LogP contribution < -0.4 is 0 Å². The van der Waals surface area contributed by atoms with Crippen molar-refractivity contribution in [2.45, 2.75) is 13.5 Å². The third-order valence-corrected chi connectivity index (χ3v) is 2.35. The van der Waals surface area contributed by atoms with Gasteiger partial charge in [0.15, 0.2) is 0 Å². The summed E-state index contributed by atoms with van der Waals surface area (Å²) in [5.41, 5.74) is 0.955. The highest BCUT2D eigenvalue weighted by Crippen LogP contribution is 2.20. The van der Waals surface area contributed by atoms with Crippen LogP contribution in [0.25, 0.3) is 0 Å². The Hall–Kier alpha value is -0.850. The van der Waals surface area contributed by atoms with Gasteiger partial charge in [-0.05, 0) is 18.6 Å². The van der Waals surface area contributed by atoms with Gasteiger partial charge in [0.05, 0.1) is 6.61 Å². The van der Waals surface area contributed by atoms with Crippen molar-refractivity contribution < 1.29 is 5.11 Å². The van der Waals surface area contributed by atoms with Crippen molar-refractivity contribution in [3.05, 3.63) is 21.4 Å². The molecule has 1 aromatic rings. The third-order valence-electron chi connectivity index (χ3n) is 1.23. The van der Waals surface area contributed by atoms with Crippen LogP contribution in [0.4, 0.5) is 0 Å². The number of thiophene rings is 1. The first-order chi connectivity index (χ1) is 4.77. The minimum absolute atomic E-state index is 0.0349. The first kappa shape index (κ1) is 7.26. The quantitative estimate of drug-likeness (QED) is 0.663. The number of nitriles is 1. The Morgan fingerprint density at radius 3 is 2.80 bits per heavy atom. The highest BCUT2D eigenvalue weighted by atomic mass is 32.1. The molecule has 1 heterocycles. The third kappa shape index (κ3) is 1.18. The maximum atomic E-state index is 8.67. The Morgan fingerprint density at radius 1 is 1.80 bits per heavy atom. The van der Waals surface area contributed by atoms with Gasteiger partial charge in [0.1, 0.15) is 10.9 Å². The maximum absolute atomic E-state index is 8.67. The molecule has 52 valence electrons. The van der Waals surface area contributed by atoms with Gasteiger partial charge in [-0.25, -0.2) is 0 Å². The summed E-state index contributed by atoms with van der Waals surface area (Å²) in [6, 6.07) is 3.89. The molecule has 10 heavy (non-hydrogen) atoms. The van der Waals surface area contributed by atoms with Crippen LogP contribution in [0, 0.1) is 18.3 Å². The smallest absolute Gasteiger partial charge is 0.110 e. The van der Waals surface area contributed by atoms with E-state index in [4.69, 9.17) is 10.4 Å². The lowest BCUT2D eigenvalue weighted by Gasteiger charge is -1.79. The van der Waals surface area contributed by atoms with Crippen LogP contribution in [0.15, 0.2) is 6.07 Å². The Bertz CT molecular complexity index is 272. The molecule has 0 atom stereocenters. The molecule has 0 amide bonds. The van der Waals surface area contributed by atoms with Gasteiger partial charge < -0.3 is 5.11 Å². The van der Waals surface area contributed by atoms with E-state index in [2.05, 4.69) is 6.07 Å². The normalized spacial score (nSPS) is 9.30. The summed E-state index contributed by atoms with van der Waals surface area (Å²) in [5.74, 6) is 0. The lowest BCUT2D eigenvalue weighted by molar-refractivity contribution is 0.285. The van der Waals surface area contributed by atoms with Crippen LogP contribution in [0.5, 0.6) is 0 Å². The predicted molar refractivity (Wildman–Crippen MR) is 39.7 cm³/mol. The SMILES string of the molecule is Cc1cc(CO)sc1C#N. The van der Waals surface area contributed by atoms with Crippen molar-refractivity contribution in [2.24, 2.45) is 0 Å². The minimum atomic E-state index is 0.0349. The number of aryl methyl sites for hydroxylation is 1. The van der Waals surface area contributed by atoms with Gasteiger partial charge in [-0.2, -0.15) is 5.26 Å². The standard InChI is InChI=1S/C7H7NOS/c1-5-2-6(4-9)10-7(5)3-8/h2,9H,4H2,1H3. The fourth-order valence-electron chi connectivity index (χ4n) is 0.737. The summed E-state index contributed by atoms with van der Waals surface area (Å²) in [7, 11) is 0. The van der Waals surface area contributed by atoms with Crippen LogP contribution in [0.1, 0.15) is 15.3 Å². The second-order valence-electron chi connectivity index (χ2n) is 1.99. The summed E-state index contributed by atoms with van der Waals surface area (Å²) >= 11 is 1.35. The molecule has 0 unspecified atom stereocenters. The molecule has 0 radical (unpaired) electrons. The van der Waals surface area contributed by atoms with Crippen LogP contribution in [0.3, 0.4) is 0 Å². The molecule has 0 aliphatic heterocycles. The zero-order valence-electron chi connectivity index (χ0n) is 5.59. The van der Waals surface area contributed by atoms with Crippen molar-refractivity contribution in [2.75, 3.05) is 0 Å². The van der Waals surface area contributed by atoms with E-state index in [-0.39, 0.29) is 6.61 Å². The lowest BCUT2D eigenvalue weighted by Crippen LogP contribution is -1.70. The number of nitrogens with zero attached hydrogens (tertiary/aromatic N) is 1. The van der Waals surface area contributed by atoms with Crippen molar-refractivity contribution in [1.29, 1.82) is 5.26 Å². The fourth-order valence-corrected chi connectivity index (χ4v) is 1.56. The largest absolute Gasteiger partial charge is 0.391 e. The number of rotatable bonds is 1. The van der Waals surface area contributed by atoms with Crippen molar-refractivity contribution >= 4 is 11.3 Å². The topological polar surface area (TPSA) is 44.0 Å². The first-order valence-corrected chi connectivity index (χ1v) is 3.70. The summed E-state index contributed by atoms with van der Waals surface area (Å²) in [6.45, 7) is 1.90. The lowest BCUT2D eigenvalue weighted by atomic mass is 10.3. The van der Waals surface area contributed by atoms with E-state index < -0.39 is 0 Å². The van der Waals surface area contributed by atoms with Gasteiger partial charge >= 0.3 is 0 Å². The average molecular weight is 153 g/mol. The maximum Gasteiger partial charge on any atom is 0.110 e. The molecule has 1 N–H and O–H groups in total. The first-order valence-electron chi connectivity index (χ1n) is 2.88. The number of aliphatic hydroxyl groups excluding tert-OH is 1. The average Bonchev–Trinajstić information content (AvgIpc) is 2.30. The van der Waals surface area contributed by atoms with Gasteiger partial charge in [0, 0.05) is 4.88 Å². The van der Waals surface area contributed by atoms with E-state index in [1.807, 2.05) is 13.0 Å². The zero-order valence-corrected chi connectivity index (χ0v) is 6.40. The second-order valence-corrected chi connectivity index (χ2v) is 3.13. The molecule has 0 aromatic carbocycles. The van der Waals surface area contributed by atoms with Gasteiger partial charge in [0.25, 0.3) is 0 Å². The molecule has 0 bridgehead atoms. The van der Waals surface area contributed by atoms with E-state index in [0.717, 1.165) is 10.4 Å². The van der Waals surface area contributed by atoms with E-state index in [0.29, 0.717) is 4.88 Å². The Balaban J connectivity index is 3.07. The highest BCUT2D eigenvalue weighted by molar-refractivity contribution is 7.12. The monoisotopic (exact) mass is 153 g/mol. The second kappa shape index (κ2) is 2.82. The Morgan fingerprint density at radius 2 is 2.50 bits per heavy atom. The van der Waals surface area contributed by atoms with Gasteiger partial charge in [-0.1, -0.05) is 0 Å². The zero-order chi connectivity index (χ0) is 7.56. The van der Waals surface area contributed by atoms with Gasteiger partial charge in [0.2, 0.25) is 0 Å². The molecule has 0 aliphatic carbocycles. The molecule has 0 saturated carbocycles. The Labute approximate surface area is 63.4 Å². The van der Waals surface area contributed by atoms with Gasteiger partial charge in [-0.15, -0.1) is 11.3 Å². The molecule has 2 nitrogen and oxygen atoms in total. The Kier molecular flexibility index (Phi) is 2.05. The van der Waals surface area contributed by atoms with E-state index in [1.165, 1.54) is 11.3 Å². The summed E-state index contributed by atoms with van der Waals surface area (Å²) in [6.07, 6.45) is 0. The van der Waals surface area contributed by atoms with Crippen LogP contribution in [-0.2, 0) is 6.61 Å². The van der Waals surface area contributed by atoms with Gasteiger partial charge in [-0.3, -0.25) is 0 Å². The molecule has 0 saturated heterocycles. The van der Waals surface area contributed by atoms with E-state index >= 15 is 0 Å². The molecule has 3 heteroatoms. The van der Waals surface area contributed by atoms with Crippen LogP contribution in [0.2, 0.25) is 0 Å². The van der Waals surface area contributed by atoms with E-state index in [9.17, 15) is 0 Å². The van der Waals surface area contributed by atoms with Crippen LogP contribution in [-0.4, -0.2) is 5.11 Å². The molecule has 0 spiro atoms. The van der Waals surface area contributed by atoms with E-state index in [1.54, 1.807) is 0 Å². The predicted octanol–water partition coefficient (Wildman–Crippen LogP) is 1.42. The molecular weight excluding hydrogens is 146 g/mol. The fraction of sp³-hybridized carbons (Fsp3) is 0.286. The van der Waals surface area contributed by atoms with Crippen molar-refractivity contribution in [3.8, 4) is 6.07 Å². The van der Waals surface area contributed by atoms with Crippen molar-refractivity contribution in [3.63, 3.8) is 0 Å². The van der Waals surface area contributed by atoms with Crippen LogP contribution >= 0.6 is 11.3 Å². The minimum Gasteiger partial charge on any atom is -0.391 e. The highest BCUT2D eigenvalue weighted by Gasteiger charge is 2.02.